The molecular formula is C21H26N4O2S. The highest BCUT2D eigenvalue weighted by atomic mass is 32.1. The van der Waals surface area contributed by atoms with Crippen molar-refractivity contribution in [2.24, 2.45) is 5.92 Å². The van der Waals surface area contributed by atoms with Crippen molar-refractivity contribution in [2.75, 3.05) is 19.6 Å². The minimum absolute atomic E-state index is 0.0290. The number of nitrogens with zero attached hydrogens (tertiary/aromatic N) is 3. The highest BCUT2D eigenvalue weighted by Gasteiger charge is 2.44. The molecule has 4 rings (SSSR count). The third kappa shape index (κ3) is 3.69. The van der Waals surface area contributed by atoms with Gasteiger partial charge in [0.2, 0.25) is 11.8 Å². The summed E-state index contributed by atoms with van der Waals surface area (Å²) in [6.45, 7) is 6.70. The van der Waals surface area contributed by atoms with Crippen molar-refractivity contribution in [3.8, 4) is 11.3 Å². The van der Waals surface area contributed by atoms with E-state index in [1.165, 1.54) is 0 Å². The molecule has 0 unspecified atom stereocenters. The molecule has 148 valence electrons. The van der Waals surface area contributed by atoms with Crippen molar-refractivity contribution in [1.29, 1.82) is 0 Å². The lowest BCUT2D eigenvalue weighted by Gasteiger charge is -2.46. The summed E-state index contributed by atoms with van der Waals surface area (Å²) in [7, 11) is 0. The molecule has 3 atom stereocenters. The van der Waals surface area contributed by atoms with Crippen LogP contribution in [0.1, 0.15) is 25.3 Å². The fourth-order valence-corrected chi connectivity index (χ4v) is 4.74. The second-order valence-corrected chi connectivity index (χ2v) is 8.59. The van der Waals surface area contributed by atoms with Gasteiger partial charge >= 0.3 is 0 Å². The van der Waals surface area contributed by atoms with Crippen LogP contribution in [0.5, 0.6) is 0 Å². The van der Waals surface area contributed by atoms with Crippen LogP contribution in [0.2, 0.25) is 0 Å². The van der Waals surface area contributed by atoms with Gasteiger partial charge in [0, 0.05) is 30.6 Å². The third-order valence-corrected chi connectivity index (χ3v) is 6.64. The number of amides is 2. The predicted octanol–water partition coefficient (Wildman–Crippen LogP) is 2.37. The molecule has 1 N–H and O–H groups in total. The first-order valence-corrected chi connectivity index (χ1v) is 10.8. The monoisotopic (exact) mass is 398 g/mol. The van der Waals surface area contributed by atoms with Gasteiger partial charge in [-0.25, -0.2) is 4.98 Å². The Morgan fingerprint density at radius 3 is 2.79 bits per heavy atom. The fourth-order valence-electron chi connectivity index (χ4n) is 3.90. The van der Waals surface area contributed by atoms with Crippen LogP contribution in [-0.2, 0) is 16.1 Å². The van der Waals surface area contributed by atoms with Crippen molar-refractivity contribution in [3.63, 3.8) is 0 Å². The normalized spacial score (nSPS) is 24.0. The number of aromatic nitrogens is 1. The van der Waals surface area contributed by atoms with Crippen molar-refractivity contribution in [2.45, 2.75) is 38.9 Å². The number of fused-ring (bicyclic) bond motifs is 1. The van der Waals surface area contributed by atoms with Crippen LogP contribution in [0.15, 0.2) is 35.7 Å². The second-order valence-electron chi connectivity index (χ2n) is 7.65. The van der Waals surface area contributed by atoms with Gasteiger partial charge in [0.1, 0.15) is 17.1 Å². The van der Waals surface area contributed by atoms with Gasteiger partial charge in [0.05, 0.1) is 12.2 Å². The van der Waals surface area contributed by atoms with Gasteiger partial charge in [-0.1, -0.05) is 50.6 Å². The zero-order valence-corrected chi connectivity index (χ0v) is 17.1. The molecule has 7 heteroatoms. The summed E-state index contributed by atoms with van der Waals surface area (Å²) in [6.07, 6.45) is 0.870. The number of hydrogen-bond acceptors (Lipinski definition) is 5. The van der Waals surface area contributed by atoms with Gasteiger partial charge in [-0.05, 0) is 5.92 Å². The van der Waals surface area contributed by atoms with Crippen LogP contribution < -0.4 is 5.32 Å². The molecular weight excluding hydrogens is 372 g/mol. The SMILES string of the molecule is CC[C@H](C)[C@@H]1NC(=O)[C@H]2CN(Cc3nc(-c4ccccc4)cs3)CCN2C1=O. The molecule has 28 heavy (non-hydrogen) atoms. The van der Waals surface area contributed by atoms with Crippen LogP contribution in [0.4, 0.5) is 0 Å². The first-order valence-electron chi connectivity index (χ1n) is 9.90. The van der Waals surface area contributed by atoms with E-state index in [9.17, 15) is 9.59 Å². The van der Waals surface area contributed by atoms with E-state index in [1.807, 2.05) is 32.0 Å². The molecule has 2 amide bonds. The minimum Gasteiger partial charge on any atom is -0.342 e. The molecule has 0 spiro atoms. The zero-order valence-electron chi connectivity index (χ0n) is 16.3. The standard InChI is InChI=1S/C21H26N4O2S/c1-3-14(2)19-21(27)25-10-9-24(11-17(25)20(26)23-19)12-18-22-16(13-28-18)15-7-5-4-6-8-15/h4-8,13-14,17,19H,3,9-12H2,1-2H3,(H,23,26)/t14-,17+,19-/m0/s1. The molecule has 0 bridgehead atoms. The van der Waals surface area contributed by atoms with Crippen LogP contribution in [0.3, 0.4) is 0 Å². The Morgan fingerprint density at radius 2 is 2.04 bits per heavy atom. The quantitative estimate of drug-likeness (QED) is 0.840. The Bertz CT molecular complexity index is 853. The minimum atomic E-state index is -0.393. The molecule has 2 fully saturated rings. The number of hydrogen-bond donors (Lipinski definition) is 1. The van der Waals surface area contributed by atoms with E-state index in [-0.39, 0.29) is 23.8 Å². The number of nitrogens with one attached hydrogen (secondary N) is 1. The molecule has 2 saturated heterocycles. The number of thiazole rings is 1. The molecule has 2 aliphatic heterocycles. The summed E-state index contributed by atoms with van der Waals surface area (Å²) in [5, 5.41) is 6.07. The van der Waals surface area contributed by atoms with Gasteiger partial charge < -0.3 is 10.2 Å². The average molecular weight is 399 g/mol. The summed E-state index contributed by atoms with van der Waals surface area (Å²) in [5.41, 5.74) is 2.10. The molecule has 2 aliphatic rings. The van der Waals surface area contributed by atoms with Crippen LogP contribution in [0, 0.1) is 5.92 Å². The Kier molecular flexibility index (Phi) is 5.46. The summed E-state index contributed by atoms with van der Waals surface area (Å²) in [5.74, 6) is 0.195. The summed E-state index contributed by atoms with van der Waals surface area (Å²) >= 11 is 1.64. The van der Waals surface area contributed by atoms with Gasteiger partial charge in [-0.15, -0.1) is 11.3 Å². The maximum Gasteiger partial charge on any atom is 0.246 e. The maximum atomic E-state index is 12.8. The molecule has 0 saturated carbocycles. The van der Waals surface area contributed by atoms with Crippen molar-refractivity contribution >= 4 is 23.2 Å². The molecule has 0 radical (unpaired) electrons. The topological polar surface area (TPSA) is 65.5 Å². The van der Waals surface area contributed by atoms with E-state index in [0.717, 1.165) is 29.2 Å². The van der Waals surface area contributed by atoms with E-state index in [1.54, 1.807) is 16.2 Å². The predicted molar refractivity (Wildman–Crippen MR) is 110 cm³/mol. The third-order valence-electron chi connectivity index (χ3n) is 5.81. The van der Waals surface area contributed by atoms with Crippen molar-refractivity contribution < 1.29 is 9.59 Å². The van der Waals surface area contributed by atoms with Gasteiger partial charge in [0.15, 0.2) is 0 Å². The van der Waals surface area contributed by atoms with Crippen LogP contribution >= 0.6 is 11.3 Å². The van der Waals surface area contributed by atoms with Gasteiger partial charge in [0.25, 0.3) is 0 Å². The first kappa shape index (κ1) is 19.1. The Morgan fingerprint density at radius 1 is 1.25 bits per heavy atom. The van der Waals surface area contributed by atoms with E-state index >= 15 is 0 Å². The van der Waals surface area contributed by atoms with E-state index < -0.39 is 6.04 Å². The number of rotatable bonds is 5. The lowest BCUT2D eigenvalue weighted by molar-refractivity contribution is -0.154. The Hall–Kier alpha value is -2.25. The highest BCUT2D eigenvalue weighted by molar-refractivity contribution is 7.09. The molecule has 1 aromatic heterocycles. The largest absolute Gasteiger partial charge is 0.342 e. The molecule has 3 heterocycles. The van der Waals surface area contributed by atoms with E-state index in [4.69, 9.17) is 4.98 Å². The summed E-state index contributed by atoms with van der Waals surface area (Å²) in [4.78, 5) is 34.2. The summed E-state index contributed by atoms with van der Waals surface area (Å²) < 4.78 is 0. The van der Waals surface area contributed by atoms with Gasteiger partial charge in [-0.2, -0.15) is 0 Å². The van der Waals surface area contributed by atoms with Crippen molar-refractivity contribution in [3.05, 3.63) is 40.7 Å². The van der Waals surface area contributed by atoms with Gasteiger partial charge in [-0.3, -0.25) is 14.5 Å². The average Bonchev–Trinajstić information content (AvgIpc) is 3.19. The zero-order chi connectivity index (χ0) is 19.7. The Balaban J connectivity index is 1.42. The van der Waals surface area contributed by atoms with Crippen molar-refractivity contribution in [1.82, 2.24) is 20.1 Å². The number of carbonyl (C=O) groups excluding carboxylic acids is 2. The first-order chi connectivity index (χ1) is 13.6. The molecule has 2 aromatic rings. The number of carbonyl (C=O) groups is 2. The number of piperazine rings is 2. The lowest BCUT2D eigenvalue weighted by atomic mass is 9.93. The lowest BCUT2D eigenvalue weighted by Crippen LogP contribution is -2.70. The van der Waals surface area contributed by atoms with E-state index in [0.29, 0.717) is 19.6 Å². The van der Waals surface area contributed by atoms with Crippen LogP contribution in [-0.4, -0.2) is 58.3 Å². The fraction of sp³-hybridized carbons (Fsp3) is 0.476. The van der Waals surface area contributed by atoms with E-state index in [2.05, 4.69) is 27.7 Å². The molecule has 6 nitrogen and oxygen atoms in total. The smallest absolute Gasteiger partial charge is 0.246 e. The Labute approximate surface area is 169 Å². The molecule has 0 aliphatic carbocycles. The number of benzene rings is 1. The highest BCUT2D eigenvalue weighted by Crippen LogP contribution is 2.25. The second kappa shape index (κ2) is 8.01. The maximum absolute atomic E-state index is 12.8. The molecule has 1 aromatic carbocycles. The van der Waals surface area contributed by atoms with Crippen LogP contribution in [0.25, 0.3) is 11.3 Å². The summed E-state index contributed by atoms with van der Waals surface area (Å²) in [6, 6.07) is 9.37.